The van der Waals surface area contributed by atoms with Gasteiger partial charge in [-0.3, -0.25) is 4.90 Å². The van der Waals surface area contributed by atoms with E-state index in [0.717, 1.165) is 18.7 Å². The molecule has 0 unspecified atom stereocenters. The third-order valence-corrected chi connectivity index (χ3v) is 3.33. The molecule has 1 aromatic carbocycles. The summed E-state index contributed by atoms with van der Waals surface area (Å²) >= 11 is 0. The van der Waals surface area contributed by atoms with Crippen molar-refractivity contribution in [1.29, 1.82) is 0 Å². The second-order valence-corrected chi connectivity index (χ2v) is 5.54. The standard InChI is InChI=1S/C16H28N2O2/c1-12(2)18(13(3)4)9-6-10-20-16-11-14(17)7-8-15(16)19-5/h7-8,11-13H,6,9-10,17H2,1-5H3. The van der Waals surface area contributed by atoms with Crippen LogP contribution in [0.4, 0.5) is 5.69 Å². The quantitative estimate of drug-likeness (QED) is 0.587. The van der Waals surface area contributed by atoms with Crippen LogP contribution in [-0.2, 0) is 0 Å². The van der Waals surface area contributed by atoms with Gasteiger partial charge >= 0.3 is 0 Å². The summed E-state index contributed by atoms with van der Waals surface area (Å²) in [5.74, 6) is 1.44. The van der Waals surface area contributed by atoms with E-state index in [2.05, 4.69) is 32.6 Å². The van der Waals surface area contributed by atoms with Crippen molar-refractivity contribution in [1.82, 2.24) is 4.90 Å². The first-order valence-electron chi connectivity index (χ1n) is 7.27. The van der Waals surface area contributed by atoms with Crippen LogP contribution in [0.1, 0.15) is 34.1 Å². The zero-order valence-corrected chi connectivity index (χ0v) is 13.3. The van der Waals surface area contributed by atoms with Crippen molar-refractivity contribution < 1.29 is 9.47 Å². The summed E-state index contributed by atoms with van der Waals surface area (Å²) in [6.07, 6.45) is 0.980. The van der Waals surface area contributed by atoms with Gasteiger partial charge in [-0.1, -0.05) is 0 Å². The summed E-state index contributed by atoms with van der Waals surface area (Å²) in [6.45, 7) is 10.6. The summed E-state index contributed by atoms with van der Waals surface area (Å²) in [5.41, 5.74) is 6.46. The fourth-order valence-corrected chi connectivity index (χ4v) is 2.35. The SMILES string of the molecule is COc1ccc(N)cc1OCCCN(C(C)C)C(C)C. The van der Waals surface area contributed by atoms with Crippen molar-refractivity contribution in [3.63, 3.8) is 0 Å². The van der Waals surface area contributed by atoms with Crippen LogP contribution >= 0.6 is 0 Å². The molecule has 0 saturated heterocycles. The van der Waals surface area contributed by atoms with Crippen LogP contribution in [0.5, 0.6) is 11.5 Å². The molecule has 0 atom stereocenters. The molecule has 1 aromatic rings. The van der Waals surface area contributed by atoms with Gasteiger partial charge in [0.25, 0.3) is 0 Å². The van der Waals surface area contributed by atoms with Crippen LogP contribution in [0.15, 0.2) is 18.2 Å². The molecule has 0 heterocycles. The van der Waals surface area contributed by atoms with Crippen LogP contribution < -0.4 is 15.2 Å². The maximum atomic E-state index is 5.79. The van der Waals surface area contributed by atoms with Gasteiger partial charge in [0, 0.05) is 30.4 Å². The lowest BCUT2D eigenvalue weighted by Crippen LogP contribution is -2.38. The second-order valence-electron chi connectivity index (χ2n) is 5.54. The lowest BCUT2D eigenvalue weighted by Gasteiger charge is -2.30. The van der Waals surface area contributed by atoms with Crippen molar-refractivity contribution in [3.8, 4) is 11.5 Å². The minimum absolute atomic E-state index is 0.553. The summed E-state index contributed by atoms with van der Waals surface area (Å²) in [6, 6.07) is 6.56. The smallest absolute Gasteiger partial charge is 0.163 e. The van der Waals surface area contributed by atoms with Gasteiger partial charge in [-0.2, -0.15) is 0 Å². The monoisotopic (exact) mass is 280 g/mol. The van der Waals surface area contributed by atoms with E-state index in [1.165, 1.54) is 0 Å². The van der Waals surface area contributed by atoms with Crippen molar-refractivity contribution in [2.45, 2.75) is 46.2 Å². The highest BCUT2D eigenvalue weighted by Crippen LogP contribution is 2.29. The molecule has 0 fully saturated rings. The average molecular weight is 280 g/mol. The average Bonchev–Trinajstić information content (AvgIpc) is 2.37. The molecule has 4 nitrogen and oxygen atoms in total. The first-order chi connectivity index (χ1) is 9.45. The van der Waals surface area contributed by atoms with E-state index in [1.54, 1.807) is 7.11 Å². The van der Waals surface area contributed by atoms with Gasteiger partial charge in [0.2, 0.25) is 0 Å². The van der Waals surface area contributed by atoms with Crippen molar-refractivity contribution in [2.75, 3.05) is 26.0 Å². The molecule has 0 aromatic heterocycles. The molecule has 0 spiro atoms. The van der Waals surface area contributed by atoms with Gasteiger partial charge in [0.05, 0.1) is 13.7 Å². The summed E-state index contributed by atoms with van der Waals surface area (Å²) in [4.78, 5) is 2.46. The summed E-state index contributed by atoms with van der Waals surface area (Å²) < 4.78 is 11.1. The maximum absolute atomic E-state index is 5.79. The Balaban J connectivity index is 2.46. The topological polar surface area (TPSA) is 47.7 Å². The van der Waals surface area contributed by atoms with E-state index in [0.29, 0.717) is 30.1 Å². The van der Waals surface area contributed by atoms with E-state index in [4.69, 9.17) is 15.2 Å². The molecular formula is C16H28N2O2. The Morgan fingerprint density at radius 3 is 2.30 bits per heavy atom. The third-order valence-electron chi connectivity index (χ3n) is 3.33. The fraction of sp³-hybridized carbons (Fsp3) is 0.625. The van der Waals surface area contributed by atoms with Crippen LogP contribution in [0.25, 0.3) is 0 Å². The van der Waals surface area contributed by atoms with Crippen LogP contribution in [0.3, 0.4) is 0 Å². The molecule has 0 aliphatic rings. The Morgan fingerprint density at radius 2 is 1.75 bits per heavy atom. The van der Waals surface area contributed by atoms with Crippen LogP contribution in [0, 0.1) is 0 Å². The van der Waals surface area contributed by atoms with Gasteiger partial charge in [-0.15, -0.1) is 0 Å². The highest BCUT2D eigenvalue weighted by molar-refractivity contribution is 5.51. The van der Waals surface area contributed by atoms with Crippen LogP contribution in [-0.4, -0.2) is 37.2 Å². The Hall–Kier alpha value is -1.42. The van der Waals surface area contributed by atoms with Crippen LogP contribution in [0.2, 0.25) is 0 Å². The molecule has 1 rings (SSSR count). The lowest BCUT2D eigenvalue weighted by atomic mass is 10.2. The van der Waals surface area contributed by atoms with E-state index in [1.807, 2.05) is 18.2 Å². The number of nitrogen functional groups attached to an aromatic ring is 1. The Labute approximate surface area is 122 Å². The number of methoxy groups -OCH3 is 1. The number of hydrogen-bond acceptors (Lipinski definition) is 4. The number of hydrogen-bond donors (Lipinski definition) is 1. The van der Waals surface area contributed by atoms with Crippen molar-refractivity contribution in [3.05, 3.63) is 18.2 Å². The van der Waals surface area contributed by atoms with Crippen molar-refractivity contribution >= 4 is 5.69 Å². The molecule has 0 aliphatic carbocycles. The molecule has 114 valence electrons. The maximum Gasteiger partial charge on any atom is 0.163 e. The van der Waals surface area contributed by atoms with Crippen molar-refractivity contribution in [2.24, 2.45) is 0 Å². The molecule has 20 heavy (non-hydrogen) atoms. The molecule has 2 N–H and O–H groups in total. The molecule has 0 aliphatic heterocycles. The minimum Gasteiger partial charge on any atom is -0.493 e. The number of rotatable bonds is 8. The molecule has 0 bridgehead atoms. The third kappa shape index (κ3) is 4.93. The predicted molar refractivity (Wildman–Crippen MR) is 84.5 cm³/mol. The van der Waals surface area contributed by atoms with Gasteiger partial charge in [-0.05, 0) is 46.2 Å². The van der Waals surface area contributed by atoms with Gasteiger partial charge in [0.15, 0.2) is 11.5 Å². The zero-order valence-electron chi connectivity index (χ0n) is 13.3. The predicted octanol–water partition coefficient (Wildman–Crippen LogP) is 3.17. The molecule has 4 heteroatoms. The molecular weight excluding hydrogens is 252 g/mol. The lowest BCUT2D eigenvalue weighted by molar-refractivity contribution is 0.159. The first kappa shape index (κ1) is 16.6. The first-order valence-corrected chi connectivity index (χ1v) is 7.27. The number of ether oxygens (including phenoxy) is 2. The normalized spacial score (nSPS) is 11.4. The van der Waals surface area contributed by atoms with Gasteiger partial charge in [0.1, 0.15) is 0 Å². The summed E-state index contributed by atoms with van der Waals surface area (Å²) in [7, 11) is 1.64. The van der Waals surface area contributed by atoms with E-state index in [-0.39, 0.29) is 0 Å². The number of anilines is 1. The molecule has 0 radical (unpaired) electrons. The fourth-order valence-electron chi connectivity index (χ4n) is 2.35. The number of nitrogens with two attached hydrogens (primary N) is 1. The Bertz CT molecular complexity index is 397. The molecule has 0 amide bonds. The highest BCUT2D eigenvalue weighted by atomic mass is 16.5. The van der Waals surface area contributed by atoms with E-state index in [9.17, 15) is 0 Å². The second kappa shape index (κ2) is 8.00. The van der Waals surface area contributed by atoms with Gasteiger partial charge < -0.3 is 15.2 Å². The Kier molecular flexibility index (Phi) is 6.65. The Morgan fingerprint density at radius 1 is 1.10 bits per heavy atom. The highest BCUT2D eigenvalue weighted by Gasteiger charge is 2.12. The number of benzene rings is 1. The molecule has 0 saturated carbocycles. The van der Waals surface area contributed by atoms with E-state index < -0.39 is 0 Å². The largest absolute Gasteiger partial charge is 0.493 e. The summed E-state index contributed by atoms with van der Waals surface area (Å²) in [5, 5.41) is 0. The van der Waals surface area contributed by atoms with Gasteiger partial charge in [-0.25, -0.2) is 0 Å². The minimum atomic E-state index is 0.553. The van der Waals surface area contributed by atoms with E-state index >= 15 is 0 Å². The number of nitrogens with zero attached hydrogens (tertiary/aromatic N) is 1. The zero-order chi connectivity index (χ0) is 15.1.